The lowest BCUT2D eigenvalue weighted by Gasteiger charge is -2.39. The molecule has 0 bridgehead atoms. The van der Waals surface area contributed by atoms with E-state index in [0.717, 1.165) is 12.8 Å². The third-order valence-electron chi connectivity index (χ3n) is 6.95. The van der Waals surface area contributed by atoms with Crippen LogP contribution in [0.3, 0.4) is 0 Å². The number of nitrogens with zero attached hydrogens (tertiary/aromatic N) is 4. The van der Waals surface area contributed by atoms with E-state index in [1.807, 2.05) is 23.1 Å². The van der Waals surface area contributed by atoms with Crippen molar-refractivity contribution in [2.24, 2.45) is 17.8 Å². The van der Waals surface area contributed by atoms with Gasteiger partial charge in [-0.15, -0.1) is 0 Å². The first-order valence-electron chi connectivity index (χ1n) is 11.7. The van der Waals surface area contributed by atoms with E-state index in [4.69, 9.17) is 15.2 Å². The van der Waals surface area contributed by atoms with E-state index in [1.165, 1.54) is 6.42 Å². The molecule has 2 fully saturated rings. The number of aromatic nitrogens is 3. The van der Waals surface area contributed by atoms with Gasteiger partial charge < -0.3 is 25.4 Å². The molecule has 2 aliphatic rings. The Morgan fingerprint density at radius 2 is 2.00 bits per heavy atom. The van der Waals surface area contributed by atoms with Crippen molar-refractivity contribution in [1.29, 1.82) is 0 Å². The Morgan fingerprint density at radius 3 is 2.79 bits per heavy atom. The summed E-state index contributed by atoms with van der Waals surface area (Å²) in [7, 11) is 1.57. The average molecular weight is 469 g/mol. The normalized spacial score (nSPS) is 24.7. The van der Waals surface area contributed by atoms with Crippen molar-refractivity contribution in [2.45, 2.75) is 52.2 Å². The van der Waals surface area contributed by atoms with Gasteiger partial charge in [0.15, 0.2) is 12.4 Å². The van der Waals surface area contributed by atoms with Crippen LogP contribution in [0.25, 0.3) is 0 Å². The van der Waals surface area contributed by atoms with Crippen LogP contribution in [-0.4, -0.2) is 51.4 Å². The second kappa shape index (κ2) is 10.2. The summed E-state index contributed by atoms with van der Waals surface area (Å²) >= 11 is 0. The van der Waals surface area contributed by atoms with E-state index >= 15 is 0 Å². The number of rotatable bonds is 7. The van der Waals surface area contributed by atoms with Crippen molar-refractivity contribution in [3.63, 3.8) is 0 Å². The second-order valence-electron chi connectivity index (χ2n) is 9.15. The Hall–Kier alpha value is -3.43. The summed E-state index contributed by atoms with van der Waals surface area (Å²) in [6, 6.07) is 7.51. The minimum atomic E-state index is -0.484. The van der Waals surface area contributed by atoms with Gasteiger partial charge >= 0.3 is 5.97 Å². The fourth-order valence-corrected chi connectivity index (χ4v) is 4.88. The van der Waals surface area contributed by atoms with E-state index < -0.39 is 11.9 Å². The maximum absolute atomic E-state index is 12.7. The average Bonchev–Trinajstić information content (AvgIpc) is 3.20. The summed E-state index contributed by atoms with van der Waals surface area (Å²) in [6.07, 6.45) is 3.47. The fraction of sp³-hybridized carbons (Fsp3) is 0.542. The molecule has 1 saturated carbocycles. The monoisotopic (exact) mass is 468 g/mol. The predicted octanol–water partition coefficient (Wildman–Crippen LogP) is 2.92. The molecule has 1 aliphatic heterocycles. The van der Waals surface area contributed by atoms with Gasteiger partial charge in [-0.1, -0.05) is 38.8 Å². The van der Waals surface area contributed by atoms with Gasteiger partial charge in [-0.05, 0) is 30.4 Å². The predicted molar refractivity (Wildman–Crippen MR) is 126 cm³/mol. The number of carbonyl (C=O) groups is 2. The number of hydrogen-bond acceptors (Lipinski definition) is 9. The Kier molecular flexibility index (Phi) is 7.14. The lowest BCUT2D eigenvalue weighted by molar-refractivity contribution is -0.150. The number of carbonyl (C=O) groups excluding carboxylic acids is 2. The van der Waals surface area contributed by atoms with Gasteiger partial charge in [-0.25, -0.2) is 0 Å². The number of benzene rings is 1. The number of amides is 1. The van der Waals surface area contributed by atoms with Gasteiger partial charge in [-0.3, -0.25) is 9.59 Å². The summed E-state index contributed by atoms with van der Waals surface area (Å²) in [4.78, 5) is 39.8. The number of methoxy groups -OCH3 is 1. The molecule has 10 heteroatoms. The molecule has 4 rings (SSSR count). The number of anilines is 3. The molecule has 0 radical (unpaired) electrons. The molecule has 3 N–H and O–H groups in total. The maximum Gasteiger partial charge on any atom is 0.311 e. The van der Waals surface area contributed by atoms with Crippen LogP contribution in [0, 0.1) is 17.8 Å². The van der Waals surface area contributed by atoms with Crippen molar-refractivity contribution in [3.8, 4) is 5.75 Å². The molecule has 34 heavy (non-hydrogen) atoms. The van der Waals surface area contributed by atoms with E-state index in [9.17, 15) is 9.59 Å². The summed E-state index contributed by atoms with van der Waals surface area (Å²) in [5, 5.41) is 3.04. The fourth-order valence-electron chi connectivity index (χ4n) is 4.88. The quantitative estimate of drug-likeness (QED) is 0.588. The molecule has 1 aromatic carbocycles. The summed E-state index contributed by atoms with van der Waals surface area (Å²) in [6.45, 7) is 4.68. The van der Waals surface area contributed by atoms with Crippen LogP contribution >= 0.6 is 0 Å². The summed E-state index contributed by atoms with van der Waals surface area (Å²) in [5.41, 5.74) is 6.49. The molecule has 1 saturated heterocycles. The molecule has 4 atom stereocenters. The topological polar surface area (TPSA) is 133 Å². The van der Waals surface area contributed by atoms with Crippen LogP contribution in [0.15, 0.2) is 24.3 Å². The van der Waals surface area contributed by atoms with Crippen molar-refractivity contribution in [1.82, 2.24) is 19.9 Å². The third-order valence-corrected chi connectivity index (χ3v) is 6.95. The molecule has 182 valence electrons. The Morgan fingerprint density at radius 1 is 1.21 bits per heavy atom. The van der Waals surface area contributed by atoms with Crippen LogP contribution in [-0.2, 0) is 20.9 Å². The van der Waals surface area contributed by atoms with E-state index in [2.05, 4.69) is 34.1 Å². The standard InChI is InChI=1S/C24H32N6O4/c1-14-7-6-9-18(15(14)2)30-12-16(11-21(30)31)22(32)34-13-20-27-23(25)29-24(28-20)26-17-8-4-5-10-19(17)33-3/h4-5,8,10,14-16,18H,6-7,9,11-13H2,1-3H3,(H3,25,26,27,28,29). The zero-order valence-corrected chi connectivity index (χ0v) is 19.9. The SMILES string of the molecule is COc1ccccc1Nc1nc(N)nc(COC(=O)C2CC(=O)N(C3CCCC(C)C3C)C2)n1. The second-order valence-corrected chi connectivity index (χ2v) is 9.15. The molecule has 1 aromatic heterocycles. The van der Waals surface area contributed by atoms with E-state index in [-0.39, 0.29) is 42.7 Å². The number of esters is 1. The Balaban J connectivity index is 1.37. The van der Waals surface area contributed by atoms with E-state index in [1.54, 1.807) is 13.2 Å². The maximum atomic E-state index is 12.7. The van der Waals surface area contributed by atoms with Gasteiger partial charge in [0.2, 0.25) is 17.8 Å². The summed E-state index contributed by atoms with van der Waals surface area (Å²) in [5.74, 6) is 1.17. The number of para-hydroxylation sites is 2. The Labute approximate surface area is 199 Å². The van der Waals surface area contributed by atoms with Crippen LogP contribution < -0.4 is 15.8 Å². The largest absolute Gasteiger partial charge is 0.495 e. The van der Waals surface area contributed by atoms with Crippen molar-refractivity contribution in [2.75, 3.05) is 24.7 Å². The number of nitrogens with two attached hydrogens (primary N) is 1. The van der Waals surface area contributed by atoms with Crippen LogP contribution in [0.2, 0.25) is 0 Å². The highest BCUT2D eigenvalue weighted by Gasteiger charge is 2.42. The van der Waals surface area contributed by atoms with Crippen LogP contribution in [0.1, 0.15) is 45.4 Å². The highest BCUT2D eigenvalue weighted by Crippen LogP contribution is 2.36. The van der Waals surface area contributed by atoms with Gasteiger partial charge in [0, 0.05) is 19.0 Å². The zero-order valence-electron chi connectivity index (χ0n) is 19.9. The minimum Gasteiger partial charge on any atom is -0.495 e. The molecule has 2 heterocycles. The van der Waals surface area contributed by atoms with Gasteiger partial charge in [0.1, 0.15) is 5.75 Å². The van der Waals surface area contributed by atoms with Gasteiger partial charge in [0.25, 0.3) is 0 Å². The first-order valence-corrected chi connectivity index (χ1v) is 11.7. The summed E-state index contributed by atoms with van der Waals surface area (Å²) < 4.78 is 10.8. The highest BCUT2D eigenvalue weighted by molar-refractivity contribution is 5.87. The van der Waals surface area contributed by atoms with Crippen LogP contribution in [0.4, 0.5) is 17.6 Å². The smallest absolute Gasteiger partial charge is 0.311 e. The van der Waals surface area contributed by atoms with Gasteiger partial charge in [0.05, 0.1) is 18.7 Å². The molecular formula is C24H32N6O4. The zero-order chi connectivity index (χ0) is 24.2. The number of ether oxygens (including phenoxy) is 2. The number of nitrogen functional groups attached to an aromatic ring is 1. The molecule has 1 aliphatic carbocycles. The Bertz CT molecular complexity index is 1050. The first-order chi connectivity index (χ1) is 16.4. The number of nitrogens with one attached hydrogen (secondary N) is 1. The first kappa shape index (κ1) is 23.7. The molecule has 2 aromatic rings. The van der Waals surface area contributed by atoms with Crippen molar-refractivity contribution in [3.05, 3.63) is 30.1 Å². The highest BCUT2D eigenvalue weighted by atomic mass is 16.5. The van der Waals surface area contributed by atoms with E-state index in [0.29, 0.717) is 29.8 Å². The molecule has 10 nitrogen and oxygen atoms in total. The third kappa shape index (κ3) is 5.21. The number of likely N-dealkylation sites (tertiary alicyclic amines) is 1. The number of hydrogen-bond donors (Lipinski definition) is 2. The van der Waals surface area contributed by atoms with Crippen molar-refractivity contribution < 1.29 is 19.1 Å². The molecule has 1 amide bonds. The van der Waals surface area contributed by atoms with Crippen LogP contribution in [0.5, 0.6) is 5.75 Å². The molecular weight excluding hydrogens is 436 g/mol. The lowest BCUT2D eigenvalue weighted by Crippen LogP contribution is -2.45. The molecule has 4 unspecified atom stereocenters. The lowest BCUT2D eigenvalue weighted by atomic mass is 9.77. The van der Waals surface area contributed by atoms with Crippen molar-refractivity contribution >= 4 is 29.5 Å². The van der Waals surface area contributed by atoms with Gasteiger partial charge in [-0.2, -0.15) is 15.0 Å². The molecule has 0 spiro atoms. The minimum absolute atomic E-state index is 0.000993.